The first-order valence-corrected chi connectivity index (χ1v) is 10.2. The lowest BCUT2D eigenvalue weighted by Gasteiger charge is -2.37. The molecule has 1 atom stereocenters. The maximum absolute atomic E-state index is 12.9. The molecule has 7 heteroatoms. The summed E-state index contributed by atoms with van der Waals surface area (Å²) in [6, 6.07) is 13.3. The van der Waals surface area contributed by atoms with Gasteiger partial charge in [0, 0.05) is 51.3 Å². The third-order valence-corrected chi connectivity index (χ3v) is 5.85. The summed E-state index contributed by atoms with van der Waals surface area (Å²) in [7, 11) is 3.35. The van der Waals surface area contributed by atoms with Crippen LogP contribution < -0.4 is 15.4 Å². The van der Waals surface area contributed by atoms with Crippen molar-refractivity contribution in [1.29, 1.82) is 0 Å². The number of aromatic nitrogens is 1. The van der Waals surface area contributed by atoms with Crippen LogP contribution in [-0.2, 0) is 7.05 Å². The predicted molar refractivity (Wildman–Crippen MR) is 117 cm³/mol. The fourth-order valence-corrected chi connectivity index (χ4v) is 4.10. The number of ether oxygens (including phenoxy) is 1. The molecule has 0 radical (unpaired) electrons. The third-order valence-electron chi connectivity index (χ3n) is 5.85. The van der Waals surface area contributed by atoms with E-state index in [1.807, 2.05) is 25.1 Å². The van der Waals surface area contributed by atoms with Gasteiger partial charge in [-0.25, -0.2) is 4.79 Å². The highest BCUT2D eigenvalue weighted by Gasteiger charge is 2.24. The number of para-hydroxylation sites is 2. The molecule has 0 bridgehead atoms. The highest BCUT2D eigenvalue weighted by Crippen LogP contribution is 2.28. The molecular formula is C23H27N3O4. The highest BCUT2D eigenvalue weighted by molar-refractivity contribution is 6.00. The standard InChI is InChI=1S/C23H27N3O4/c1-16(22(27)17-8-9-18-21(14-17)30-23(28)24(18)2)15-25-10-12-26(13-11-25)19-6-4-5-7-20(19)29-3/h4-9,14,16H,10-13,15H2,1-3H3. The Morgan fingerprint density at radius 3 is 2.60 bits per heavy atom. The number of piperazine rings is 1. The Bertz CT molecular complexity index is 1110. The van der Waals surface area contributed by atoms with Crippen LogP contribution in [0.15, 0.2) is 51.7 Å². The summed E-state index contributed by atoms with van der Waals surface area (Å²) in [4.78, 5) is 29.3. The number of fused-ring (bicyclic) bond motifs is 1. The zero-order chi connectivity index (χ0) is 21.3. The number of methoxy groups -OCH3 is 1. The summed E-state index contributed by atoms with van der Waals surface area (Å²) in [5.41, 5.74) is 2.83. The largest absolute Gasteiger partial charge is 0.495 e. The smallest absolute Gasteiger partial charge is 0.419 e. The number of Topliss-reactive ketones (excluding diaryl/α,β-unsaturated/α-hetero) is 1. The predicted octanol–water partition coefficient (Wildman–Crippen LogP) is 2.78. The summed E-state index contributed by atoms with van der Waals surface area (Å²) in [5.74, 6) is 0.388. The Hall–Kier alpha value is -3.06. The van der Waals surface area contributed by atoms with Crippen LogP contribution in [0.1, 0.15) is 17.3 Å². The van der Waals surface area contributed by atoms with E-state index in [1.165, 1.54) is 4.57 Å². The minimum absolute atomic E-state index is 0.0653. The van der Waals surface area contributed by atoms with Gasteiger partial charge >= 0.3 is 5.76 Å². The summed E-state index contributed by atoms with van der Waals surface area (Å²) in [5, 5.41) is 0. The monoisotopic (exact) mass is 409 g/mol. The van der Waals surface area contributed by atoms with Gasteiger partial charge in [-0.2, -0.15) is 0 Å². The number of carbonyl (C=O) groups excluding carboxylic acids is 1. The van der Waals surface area contributed by atoms with Crippen molar-refractivity contribution < 1.29 is 13.9 Å². The van der Waals surface area contributed by atoms with Crippen molar-refractivity contribution in [2.24, 2.45) is 13.0 Å². The van der Waals surface area contributed by atoms with Crippen molar-refractivity contribution in [3.05, 3.63) is 58.6 Å². The van der Waals surface area contributed by atoms with Gasteiger partial charge in [-0.05, 0) is 30.3 Å². The van der Waals surface area contributed by atoms with E-state index in [2.05, 4.69) is 15.9 Å². The van der Waals surface area contributed by atoms with Crippen LogP contribution in [0.25, 0.3) is 11.1 Å². The van der Waals surface area contributed by atoms with Crippen molar-refractivity contribution >= 4 is 22.6 Å². The molecule has 1 fully saturated rings. The van der Waals surface area contributed by atoms with E-state index in [-0.39, 0.29) is 11.7 Å². The molecule has 0 saturated carbocycles. The molecule has 1 saturated heterocycles. The van der Waals surface area contributed by atoms with Crippen molar-refractivity contribution in [2.45, 2.75) is 6.92 Å². The van der Waals surface area contributed by atoms with Crippen LogP contribution in [0.4, 0.5) is 5.69 Å². The topological polar surface area (TPSA) is 67.9 Å². The van der Waals surface area contributed by atoms with Gasteiger partial charge in [-0.1, -0.05) is 19.1 Å². The summed E-state index contributed by atoms with van der Waals surface area (Å²) < 4.78 is 12.1. The number of nitrogens with zero attached hydrogens (tertiary/aromatic N) is 3. The molecule has 3 aromatic rings. The Labute approximate surface area is 175 Å². The number of oxazole rings is 1. The molecule has 1 aromatic heterocycles. The molecule has 0 aliphatic carbocycles. The Morgan fingerprint density at radius 2 is 1.87 bits per heavy atom. The van der Waals surface area contributed by atoms with Crippen molar-refractivity contribution in [3.8, 4) is 5.75 Å². The number of carbonyl (C=O) groups is 1. The Balaban J connectivity index is 1.38. The number of hydrogen-bond acceptors (Lipinski definition) is 6. The van der Waals surface area contributed by atoms with Gasteiger partial charge in [0.25, 0.3) is 0 Å². The second kappa shape index (κ2) is 8.36. The molecule has 1 unspecified atom stereocenters. The molecule has 0 amide bonds. The molecule has 1 aliphatic heterocycles. The second-order valence-corrected chi connectivity index (χ2v) is 7.83. The first-order chi connectivity index (χ1) is 14.5. The molecule has 2 aromatic carbocycles. The summed E-state index contributed by atoms with van der Waals surface area (Å²) >= 11 is 0. The maximum Gasteiger partial charge on any atom is 0.419 e. The average Bonchev–Trinajstić information content (AvgIpc) is 3.06. The van der Waals surface area contributed by atoms with E-state index < -0.39 is 5.76 Å². The maximum atomic E-state index is 12.9. The van der Waals surface area contributed by atoms with Gasteiger partial charge in [0.1, 0.15) is 5.75 Å². The SMILES string of the molecule is COc1ccccc1N1CCN(CC(C)C(=O)c2ccc3c(c2)oc(=O)n3C)CC1. The lowest BCUT2D eigenvalue weighted by molar-refractivity contribution is 0.0891. The average molecular weight is 409 g/mol. The van der Waals surface area contributed by atoms with Crippen LogP contribution in [0.2, 0.25) is 0 Å². The fourth-order valence-electron chi connectivity index (χ4n) is 4.10. The number of benzene rings is 2. The summed E-state index contributed by atoms with van der Waals surface area (Å²) in [6.07, 6.45) is 0. The molecule has 4 rings (SSSR count). The van der Waals surface area contributed by atoms with Gasteiger partial charge in [0.15, 0.2) is 11.4 Å². The van der Waals surface area contributed by atoms with Crippen LogP contribution >= 0.6 is 0 Å². The van der Waals surface area contributed by atoms with Gasteiger partial charge in [0.2, 0.25) is 0 Å². The van der Waals surface area contributed by atoms with Crippen LogP contribution in [0.5, 0.6) is 5.75 Å². The van der Waals surface area contributed by atoms with Gasteiger partial charge in [-0.15, -0.1) is 0 Å². The molecule has 2 heterocycles. The Morgan fingerprint density at radius 1 is 1.13 bits per heavy atom. The first-order valence-electron chi connectivity index (χ1n) is 10.2. The number of rotatable bonds is 6. The lowest BCUT2D eigenvalue weighted by Crippen LogP contribution is -2.48. The van der Waals surface area contributed by atoms with E-state index in [4.69, 9.17) is 9.15 Å². The van der Waals surface area contributed by atoms with E-state index >= 15 is 0 Å². The second-order valence-electron chi connectivity index (χ2n) is 7.83. The van der Waals surface area contributed by atoms with Crippen molar-refractivity contribution in [2.75, 3.05) is 44.7 Å². The third kappa shape index (κ3) is 3.85. The number of aryl methyl sites for hydroxylation is 1. The molecule has 1 aliphatic rings. The zero-order valence-corrected chi connectivity index (χ0v) is 17.6. The van der Waals surface area contributed by atoms with E-state index in [9.17, 15) is 9.59 Å². The minimum atomic E-state index is -0.421. The number of hydrogen-bond donors (Lipinski definition) is 0. The molecule has 0 spiro atoms. The fraction of sp³-hybridized carbons (Fsp3) is 0.391. The van der Waals surface area contributed by atoms with E-state index in [0.29, 0.717) is 23.2 Å². The Kier molecular flexibility index (Phi) is 5.63. The molecule has 30 heavy (non-hydrogen) atoms. The number of ketones is 1. The lowest BCUT2D eigenvalue weighted by atomic mass is 9.98. The molecular weight excluding hydrogens is 382 g/mol. The quantitative estimate of drug-likeness (QED) is 0.583. The molecule has 158 valence electrons. The summed E-state index contributed by atoms with van der Waals surface area (Å²) in [6.45, 7) is 6.23. The van der Waals surface area contributed by atoms with Crippen LogP contribution in [-0.4, -0.2) is 55.1 Å². The molecule has 0 N–H and O–H groups in total. The number of anilines is 1. The zero-order valence-electron chi connectivity index (χ0n) is 17.6. The van der Waals surface area contributed by atoms with Crippen molar-refractivity contribution in [1.82, 2.24) is 9.47 Å². The van der Waals surface area contributed by atoms with Gasteiger partial charge in [-0.3, -0.25) is 14.3 Å². The highest BCUT2D eigenvalue weighted by atomic mass is 16.5. The van der Waals surface area contributed by atoms with E-state index in [0.717, 1.165) is 37.6 Å². The molecule has 7 nitrogen and oxygen atoms in total. The van der Waals surface area contributed by atoms with Gasteiger partial charge in [0.05, 0.1) is 18.3 Å². The van der Waals surface area contributed by atoms with Gasteiger partial charge < -0.3 is 14.1 Å². The minimum Gasteiger partial charge on any atom is -0.495 e. The first kappa shape index (κ1) is 20.2. The van der Waals surface area contributed by atoms with Crippen LogP contribution in [0.3, 0.4) is 0 Å². The van der Waals surface area contributed by atoms with Crippen LogP contribution in [0, 0.1) is 5.92 Å². The van der Waals surface area contributed by atoms with E-state index in [1.54, 1.807) is 32.4 Å². The van der Waals surface area contributed by atoms with Crippen molar-refractivity contribution in [3.63, 3.8) is 0 Å². The normalized spacial score (nSPS) is 16.0.